The number of rotatable bonds is 2. The zero-order chi connectivity index (χ0) is 21.5. The van der Waals surface area contributed by atoms with Crippen molar-refractivity contribution in [2.75, 3.05) is 40.3 Å². The van der Waals surface area contributed by atoms with E-state index in [1.807, 2.05) is 0 Å². The number of fused-ring (bicyclic) bond motifs is 5. The van der Waals surface area contributed by atoms with E-state index in [0.29, 0.717) is 10.8 Å². The molecule has 0 amide bonds. The second-order valence-electron chi connectivity index (χ2n) is 14.5. The largest absolute Gasteiger partial charge is 0.324 e. The van der Waals surface area contributed by atoms with Gasteiger partial charge in [0.2, 0.25) is 0 Å². The second kappa shape index (κ2) is 7.21. The SMILES string of the molecule is C[C@]12CCC3C(CC[C@H]4CC([N+]5(C)CCCC5)CC[C@]34C)C1CCC2[N+]1(C)CCCC1. The molecule has 2 saturated heterocycles. The van der Waals surface area contributed by atoms with Crippen LogP contribution in [0.2, 0.25) is 0 Å². The van der Waals surface area contributed by atoms with E-state index in [0.717, 1.165) is 35.8 Å². The summed E-state index contributed by atoms with van der Waals surface area (Å²) >= 11 is 0. The predicted octanol–water partition coefficient (Wildman–Crippen LogP) is 6.25. The van der Waals surface area contributed by atoms with Gasteiger partial charge in [-0.1, -0.05) is 13.8 Å². The fraction of sp³-hybridized carbons (Fsp3) is 1.00. The van der Waals surface area contributed by atoms with E-state index >= 15 is 0 Å². The van der Waals surface area contributed by atoms with Gasteiger partial charge in [0.25, 0.3) is 0 Å². The van der Waals surface area contributed by atoms with Gasteiger partial charge in [0.05, 0.1) is 52.4 Å². The molecule has 0 aromatic heterocycles. The van der Waals surface area contributed by atoms with Crippen LogP contribution < -0.4 is 0 Å². The summed E-state index contributed by atoms with van der Waals surface area (Å²) in [6.45, 7) is 11.5. The van der Waals surface area contributed by atoms with Crippen LogP contribution in [0.25, 0.3) is 0 Å². The van der Waals surface area contributed by atoms with Crippen LogP contribution >= 0.6 is 0 Å². The van der Waals surface area contributed by atoms with Crippen LogP contribution in [0, 0.1) is 34.5 Å². The molecule has 6 fully saturated rings. The molecule has 8 atom stereocenters. The van der Waals surface area contributed by atoms with Crippen molar-refractivity contribution in [2.24, 2.45) is 34.5 Å². The molecule has 0 bridgehead atoms. The van der Waals surface area contributed by atoms with Crippen LogP contribution in [0.5, 0.6) is 0 Å². The first-order chi connectivity index (χ1) is 14.8. The average Bonchev–Trinajstić information content (AvgIpc) is 3.46. The first-order valence-electron chi connectivity index (χ1n) is 14.5. The Morgan fingerprint density at radius 1 is 0.613 bits per heavy atom. The Bertz CT molecular complexity index is 689. The van der Waals surface area contributed by atoms with Gasteiger partial charge in [-0.3, -0.25) is 0 Å². The maximum absolute atomic E-state index is 2.79. The molecule has 0 aromatic rings. The van der Waals surface area contributed by atoms with E-state index in [1.165, 1.54) is 67.2 Å². The molecule has 2 nitrogen and oxygen atoms in total. The third kappa shape index (κ3) is 3.02. The van der Waals surface area contributed by atoms with Crippen LogP contribution in [-0.4, -0.2) is 61.3 Å². The standard InChI is InChI=1S/C29H52N2/c1-28-15-13-23(30(3)17-5-6-18-30)21-22(28)9-10-24-25-11-12-27(31(4)19-7-8-20-31)29(25,2)16-14-26(24)28/h22-27H,5-21H2,1-4H3/q+2/t22-,23?,24?,25?,26?,27?,28-,29-/m0/s1. The fourth-order valence-electron chi connectivity index (χ4n) is 11.6. The molecular weight excluding hydrogens is 376 g/mol. The van der Waals surface area contributed by atoms with Crippen LogP contribution in [0.3, 0.4) is 0 Å². The van der Waals surface area contributed by atoms with Crippen LogP contribution in [0.4, 0.5) is 0 Å². The summed E-state index contributed by atoms with van der Waals surface area (Å²) in [6, 6.07) is 1.96. The van der Waals surface area contributed by atoms with Gasteiger partial charge < -0.3 is 8.97 Å². The summed E-state index contributed by atoms with van der Waals surface area (Å²) < 4.78 is 2.86. The summed E-state index contributed by atoms with van der Waals surface area (Å²) in [5.41, 5.74) is 1.32. The number of nitrogens with zero attached hydrogens (tertiary/aromatic N) is 2. The topological polar surface area (TPSA) is 0 Å². The van der Waals surface area contributed by atoms with E-state index in [2.05, 4.69) is 27.9 Å². The first-order valence-corrected chi connectivity index (χ1v) is 14.5. The van der Waals surface area contributed by atoms with Crippen LogP contribution in [0.1, 0.15) is 97.3 Å². The van der Waals surface area contributed by atoms with Crippen molar-refractivity contribution in [3.63, 3.8) is 0 Å². The van der Waals surface area contributed by atoms with Crippen LogP contribution in [-0.2, 0) is 0 Å². The molecule has 176 valence electrons. The lowest BCUT2D eigenvalue weighted by molar-refractivity contribution is -0.928. The van der Waals surface area contributed by atoms with Crippen LogP contribution in [0.15, 0.2) is 0 Å². The normalized spacial score (nSPS) is 53.0. The van der Waals surface area contributed by atoms with Crippen molar-refractivity contribution < 1.29 is 8.97 Å². The first kappa shape index (κ1) is 21.5. The number of hydrogen-bond donors (Lipinski definition) is 0. The molecule has 4 aliphatic carbocycles. The van der Waals surface area contributed by atoms with Gasteiger partial charge in [0.1, 0.15) is 0 Å². The van der Waals surface area contributed by atoms with E-state index in [4.69, 9.17) is 0 Å². The molecule has 0 spiro atoms. The smallest absolute Gasteiger partial charge is 0.0945 e. The Morgan fingerprint density at radius 3 is 1.94 bits per heavy atom. The Hall–Kier alpha value is -0.0800. The molecule has 4 saturated carbocycles. The lowest BCUT2D eigenvalue weighted by atomic mass is 9.44. The van der Waals surface area contributed by atoms with E-state index in [-0.39, 0.29) is 0 Å². The van der Waals surface area contributed by atoms with E-state index < -0.39 is 0 Å². The molecule has 5 unspecified atom stereocenters. The zero-order valence-electron chi connectivity index (χ0n) is 21.4. The van der Waals surface area contributed by atoms with Gasteiger partial charge in [-0.15, -0.1) is 0 Å². The molecule has 6 aliphatic rings. The van der Waals surface area contributed by atoms with Gasteiger partial charge in [0.15, 0.2) is 0 Å². The van der Waals surface area contributed by atoms with Crippen molar-refractivity contribution in [3.8, 4) is 0 Å². The minimum Gasteiger partial charge on any atom is -0.324 e. The summed E-state index contributed by atoms with van der Waals surface area (Å²) in [7, 11) is 5.25. The maximum atomic E-state index is 2.79. The average molecular weight is 429 g/mol. The maximum Gasteiger partial charge on any atom is 0.0945 e. The number of likely N-dealkylation sites (tertiary alicyclic amines) is 2. The van der Waals surface area contributed by atoms with Gasteiger partial charge >= 0.3 is 0 Å². The molecule has 2 heterocycles. The lowest BCUT2D eigenvalue weighted by Gasteiger charge is -2.62. The van der Waals surface area contributed by atoms with Crippen molar-refractivity contribution >= 4 is 0 Å². The van der Waals surface area contributed by atoms with Gasteiger partial charge in [0, 0.05) is 43.9 Å². The monoisotopic (exact) mass is 428 g/mol. The van der Waals surface area contributed by atoms with E-state index in [9.17, 15) is 0 Å². The Morgan fingerprint density at radius 2 is 1.23 bits per heavy atom. The summed E-state index contributed by atoms with van der Waals surface area (Å²) in [5, 5.41) is 0. The third-order valence-corrected chi connectivity index (χ3v) is 13.4. The van der Waals surface area contributed by atoms with Gasteiger partial charge in [-0.25, -0.2) is 0 Å². The number of quaternary nitrogens is 2. The van der Waals surface area contributed by atoms with Crippen molar-refractivity contribution in [1.29, 1.82) is 0 Å². The Labute approximate surface area is 193 Å². The van der Waals surface area contributed by atoms with Crippen molar-refractivity contribution in [3.05, 3.63) is 0 Å². The minimum atomic E-state index is 0.648. The highest BCUT2D eigenvalue weighted by atomic mass is 15.4. The highest BCUT2D eigenvalue weighted by molar-refractivity contribution is 5.10. The highest BCUT2D eigenvalue weighted by Crippen LogP contribution is 2.67. The quantitative estimate of drug-likeness (QED) is 0.456. The third-order valence-electron chi connectivity index (χ3n) is 13.4. The van der Waals surface area contributed by atoms with E-state index in [1.54, 1.807) is 51.4 Å². The summed E-state index contributed by atoms with van der Waals surface area (Å²) in [4.78, 5) is 0. The van der Waals surface area contributed by atoms with Crippen molar-refractivity contribution in [1.82, 2.24) is 0 Å². The molecule has 0 radical (unpaired) electrons. The Balaban J connectivity index is 1.21. The minimum absolute atomic E-state index is 0.648. The molecule has 0 aromatic carbocycles. The molecule has 2 heteroatoms. The zero-order valence-corrected chi connectivity index (χ0v) is 21.4. The van der Waals surface area contributed by atoms with Gasteiger partial charge in [-0.2, -0.15) is 0 Å². The molecule has 31 heavy (non-hydrogen) atoms. The molecular formula is C29H52N2+2. The lowest BCUT2D eigenvalue weighted by Crippen LogP contribution is -2.61. The summed E-state index contributed by atoms with van der Waals surface area (Å²) in [5.74, 6) is 4.20. The molecule has 6 rings (SSSR count). The number of hydrogen-bond acceptors (Lipinski definition) is 0. The van der Waals surface area contributed by atoms with Crippen molar-refractivity contribution in [2.45, 2.75) is 109 Å². The second-order valence-corrected chi connectivity index (χ2v) is 14.5. The fourth-order valence-corrected chi connectivity index (χ4v) is 11.6. The predicted molar refractivity (Wildman–Crippen MR) is 130 cm³/mol. The Kier molecular flexibility index (Phi) is 4.99. The van der Waals surface area contributed by atoms with Gasteiger partial charge in [-0.05, 0) is 74.0 Å². The molecule has 2 aliphatic heterocycles. The summed E-state index contributed by atoms with van der Waals surface area (Å²) in [6.07, 6.45) is 20.0. The molecule has 0 N–H and O–H groups in total. The highest BCUT2D eigenvalue weighted by Gasteiger charge is 2.64.